The summed E-state index contributed by atoms with van der Waals surface area (Å²) in [6.45, 7) is 1.61. The Labute approximate surface area is 107 Å². The first-order valence-electron chi connectivity index (χ1n) is 2.70. The Kier molecular flexibility index (Phi) is 4.17. The maximum absolute atomic E-state index is 10.6. The van der Waals surface area contributed by atoms with Gasteiger partial charge in [-0.3, -0.25) is 4.79 Å². The smallest absolute Gasteiger partial charge is 0.731 e. The van der Waals surface area contributed by atoms with Gasteiger partial charge < -0.3 is 4.55 Å². The minimum Gasteiger partial charge on any atom is -0.731 e. The molecule has 0 aromatic heterocycles. The second kappa shape index (κ2) is 3.82. The molecule has 1 aliphatic rings. The number of rotatable bonds is 1. The monoisotopic (exact) mass is 203 g/mol. The minimum atomic E-state index is -4.51. The van der Waals surface area contributed by atoms with Gasteiger partial charge in [0.25, 0.3) is 0 Å². The molecule has 0 radical (unpaired) electrons. The van der Waals surface area contributed by atoms with E-state index in [0.29, 0.717) is 4.31 Å². The maximum Gasteiger partial charge on any atom is 1.00 e. The second-order valence-corrected chi connectivity index (χ2v) is 3.52. The predicted octanol–water partition coefficient (Wildman–Crippen LogP) is -4.07. The van der Waals surface area contributed by atoms with Gasteiger partial charge in [0.05, 0.1) is 5.92 Å². The zero-order valence-electron chi connectivity index (χ0n) is 6.27. The van der Waals surface area contributed by atoms with Crippen LogP contribution in [0.3, 0.4) is 0 Å². The standard InChI is InChI=1S/C4H7NO4S.K/c1-3-2-5(4(3)6)10(7,8)9;/h3H,2H2,1H3,(H,7,8,9);/q;+1/p-1. The molecular weight excluding hydrogens is 197 g/mol. The summed E-state index contributed by atoms with van der Waals surface area (Å²) < 4.78 is 30.7. The van der Waals surface area contributed by atoms with Crippen LogP contribution in [0.4, 0.5) is 0 Å². The van der Waals surface area contributed by atoms with Gasteiger partial charge in [-0.15, -0.1) is 0 Å². The molecule has 0 spiro atoms. The van der Waals surface area contributed by atoms with E-state index >= 15 is 0 Å². The van der Waals surface area contributed by atoms with Crippen molar-refractivity contribution in [1.29, 1.82) is 0 Å². The van der Waals surface area contributed by atoms with Gasteiger partial charge in [-0.1, -0.05) is 6.92 Å². The van der Waals surface area contributed by atoms with E-state index in [1.165, 1.54) is 0 Å². The SMILES string of the molecule is CC1CN(S(=O)(=O)[O-])C1=O.[K+]. The normalized spacial score (nSPS) is 24.0. The van der Waals surface area contributed by atoms with Crippen LogP contribution in [-0.4, -0.2) is 29.7 Å². The number of carbonyl (C=O) groups is 1. The van der Waals surface area contributed by atoms with E-state index in [1.807, 2.05) is 0 Å². The Morgan fingerprint density at radius 3 is 2.18 bits per heavy atom. The third-order valence-electron chi connectivity index (χ3n) is 1.38. The quantitative estimate of drug-likeness (QED) is 0.247. The molecule has 7 heteroatoms. The van der Waals surface area contributed by atoms with Crippen LogP contribution in [0.25, 0.3) is 0 Å². The molecule has 1 atom stereocenters. The molecule has 1 unspecified atom stereocenters. The van der Waals surface area contributed by atoms with E-state index in [-0.39, 0.29) is 63.8 Å². The summed E-state index contributed by atoms with van der Waals surface area (Å²) in [6, 6.07) is 0. The van der Waals surface area contributed by atoms with Crippen LogP contribution in [0.2, 0.25) is 0 Å². The first kappa shape index (κ1) is 12.0. The number of hydrogen-bond donors (Lipinski definition) is 0. The van der Waals surface area contributed by atoms with Crippen molar-refractivity contribution in [2.75, 3.05) is 6.54 Å². The molecule has 11 heavy (non-hydrogen) atoms. The second-order valence-electron chi connectivity index (χ2n) is 2.23. The van der Waals surface area contributed by atoms with Gasteiger partial charge in [0.15, 0.2) is 10.3 Å². The van der Waals surface area contributed by atoms with Crippen molar-refractivity contribution < 1.29 is 69.1 Å². The largest absolute Gasteiger partial charge is 1.00 e. The fourth-order valence-corrected chi connectivity index (χ4v) is 1.56. The first-order valence-corrected chi connectivity index (χ1v) is 4.07. The van der Waals surface area contributed by atoms with Gasteiger partial charge in [-0.2, -0.15) is 0 Å². The van der Waals surface area contributed by atoms with Crippen molar-refractivity contribution in [3.05, 3.63) is 0 Å². The number of amides is 1. The van der Waals surface area contributed by atoms with Crippen LogP contribution in [0.1, 0.15) is 6.92 Å². The molecule has 1 fully saturated rings. The summed E-state index contributed by atoms with van der Waals surface area (Å²) in [5.41, 5.74) is 0. The van der Waals surface area contributed by atoms with Gasteiger partial charge in [-0.25, -0.2) is 12.7 Å². The molecule has 0 aromatic rings. The molecular formula is C4H6KNO4S. The Morgan fingerprint density at radius 1 is 1.64 bits per heavy atom. The van der Waals surface area contributed by atoms with Crippen molar-refractivity contribution >= 4 is 16.2 Å². The summed E-state index contributed by atoms with van der Waals surface area (Å²) in [5, 5.41) is 0. The van der Waals surface area contributed by atoms with Crippen LogP contribution in [0, 0.1) is 5.92 Å². The minimum absolute atomic E-state index is 0. The van der Waals surface area contributed by atoms with Crippen molar-refractivity contribution in [2.45, 2.75) is 6.92 Å². The van der Waals surface area contributed by atoms with Crippen LogP contribution < -0.4 is 51.4 Å². The molecule has 1 rings (SSSR count). The van der Waals surface area contributed by atoms with E-state index < -0.39 is 16.2 Å². The molecule has 1 saturated heterocycles. The average Bonchev–Trinajstić information content (AvgIpc) is 1.79. The molecule has 5 nitrogen and oxygen atoms in total. The topological polar surface area (TPSA) is 77.5 Å². The molecule has 0 aromatic carbocycles. The van der Waals surface area contributed by atoms with E-state index in [1.54, 1.807) is 6.92 Å². The number of hydrogen-bond acceptors (Lipinski definition) is 4. The fourth-order valence-electron chi connectivity index (χ4n) is 0.752. The summed E-state index contributed by atoms with van der Waals surface area (Å²) in [5.74, 6) is -0.918. The molecule has 1 heterocycles. The molecule has 1 amide bonds. The molecule has 0 saturated carbocycles. The zero-order chi connectivity index (χ0) is 7.94. The molecule has 0 N–H and O–H groups in total. The Morgan fingerprint density at radius 2 is 2.09 bits per heavy atom. The molecule has 0 aliphatic carbocycles. The Hall–Kier alpha value is 1.02. The van der Waals surface area contributed by atoms with Gasteiger partial charge in [0, 0.05) is 6.54 Å². The fraction of sp³-hybridized carbons (Fsp3) is 0.750. The number of carbonyl (C=O) groups excluding carboxylic acids is 1. The van der Waals surface area contributed by atoms with E-state index in [0.717, 1.165) is 0 Å². The van der Waals surface area contributed by atoms with Crippen molar-refractivity contribution in [3.63, 3.8) is 0 Å². The van der Waals surface area contributed by atoms with E-state index in [4.69, 9.17) is 0 Å². The number of nitrogens with zero attached hydrogens (tertiary/aromatic N) is 1. The summed E-state index contributed by atoms with van der Waals surface area (Å²) in [4.78, 5) is 10.6. The van der Waals surface area contributed by atoms with Gasteiger partial charge >= 0.3 is 51.4 Å². The third kappa shape index (κ3) is 2.48. The predicted molar refractivity (Wildman–Crippen MR) is 30.6 cm³/mol. The average molecular weight is 203 g/mol. The van der Waals surface area contributed by atoms with Gasteiger partial charge in [-0.05, 0) is 0 Å². The van der Waals surface area contributed by atoms with E-state index in [2.05, 4.69) is 0 Å². The zero-order valence-corrected chi connectivity index (χ0v) is 10.2. The van der Waals surface area contributed by atoms with Crippen LogP contribution in [-0.2, 0) is 15.1 Å². The van der Waals surface area contributed by atoms with Crippen molar-refractivity contribution in [3.8, 4) is 0 Å². The Balaban J connectivity index is 0.000001000. The van der Waals surface area contributed by atoms with Crippen LogP contribution >= 0.6 is 0 Å². The molecule has 58 valence electrons. The number of β-lactam (4-membered cyclic amide) rings is 1. The summed E-state index contributed by atoms with van der Waals surface area (Å²) in [7, 11) is -4.51. The maximum atomic E-state index is 10.6. The Bertz CT molecular complexity index is 261. The summed E-state index contributed by atoms with van der Waals surface area (Å²) in [6.07, 6.45) is 0. The van der Waals surface area contributed by atoms with Crippen molar-refractivity contribution in [2.24, 2.45) is 5.92 Å². The molecule has 1 aliphatic heterocycles. The van der Waals surface area contributed by atoms with Gasteiger partial charge in [0.1, 0.15) is 0 Å². The van der Waals surface area contributed by atoms with E-state index in [9.17, 15) is 17.8 Å². The van der Waals surface area contributed by atoms with Crippen molar-refractivity contribution in [1.82, 2.24) is 4.31 Å². The summed E-state index contributed by atoms with van der Waals surface area (Å²) >= 11 is 0. The van der Waals surface area contributed by atoms with Crippen LogP contribution in [0.15, 0.2) is 0 Å². The van der Waals surface area contributed by atoms with Crippen LogP contribution in [0.5, 0.6) is 0 Å². The third-order valence-corrected chi connectivity index (χ3v) is 2.25. The molecule has 0 bridgehead atoms. The first-order chi connectivity index (χ1) is 4.43. The van der Waals surface area contributed by atoms with Gasteiger partial charge in [0.2, 0.25) is 5.91 Å².